The first-order valence-corrected chi connectivity index (χ1v) is 11.8. The standard InChI is InChI=1S/C24H18Cl3FN4OS.Lr/c25-24(26,27)22(30-20(33)11-10-16-6-3-1-2-4-7-16)32-13-12-31(23(32)34)19-9-5-8-17-14-18(28)15-29-21(17)19;/h1-6,8-11,14-15,22H,12-13H2,(H,30,33);/b11-10+;. The van der Waals surface area contributed by atoms with E-state index in [9.17, 15) is 9.18 Å². The van der Waals surface area contributed by atoms with E-state index in [1.165, 1.54) is 12.1 Å². The van der Waals surface area contributed by atoms with Crippen LogP contribution in [0, 0.1) is 5.82 Å². The van der Waals surface area contributed by atoms with Gasteiger partial charge in [-0.15, -0.1) is 5.73 Å². The number of nitrogens with zero attached hydrogens (tertiary/aromatic N) is 3. The maximum absolute atomic E-state index is 13.6. The van der Waals surface area contributed by atoms with E-state index in [4.69, 9.17) is 47.0 Å². The smallest absolute Gasteiger partial charge is 0.245 e. The van der Waals surface area contributed by atoms with Crippen LogP contribution in [-0.4, -0.2) is 44.0 Å². The molecule has 4 rings (SSSR count). The number of para-hydroxylation sites is 1. The molecule has 1 atom stereocenters. The molecule has 2 heterocycles. The van der Waals surface area contributed by atoms with Crippen LogP contribution in [-0.2, 0) is 4.79 Å². The number of hydrogen-bond donors (Lipinski definition) is 1. The molecule has 2 aromatic rings. The Balaban J connectivity index is 0.00000342. The third-order valence-corrected chi connectivity index (χ3v) is 6.22. The van der Waals surface area contributed by atoms with Crippen LogP contribution in [0.4, 0.5) is 10.1 Å². The summed E-state index contributed by atoms with van der Waals surface area (Å²) in [5.41, 5.74) is 5.04. The topological polar surface area (TPSA) is 48.5 Å². The molecule has 1 fully saturated rings. The third-order valence-electron chi connectivity index (χ3n) is 5.15. The molecule has 2 aliphatic rings. The van der Waals surface area contributed by atoms with Gasteiger partial charge in [0.1, 0.15) is 5.82 Å². The molecule has 1 aliphatic heterocycles. The number of pyridine rings is 1. The molecule has 11 heteroatoms. The van der Waals surface area contributed by atoms with E-state index in [0.29, 0.717) is 40.4 Å². The summed E-state index contributed by atoms with van der Waals surface area (Å²) in [5.74, 6) is -0.885. The minimum absolute atomic E-state index is 0. The average Bonchev–Trinajstić information content (AvgIpc) is 2.98. The first-order chi connectivity index (χ1) is 16.2. The van der Waals surface area contributed by atoms with Gasteiger partial charge in [0.2, 0.25) is 9.70 Å². The van der Waals surface area contributed by atoms with E-state index in [0.717, 1.165) is 6.20 Å². The first kappa shape index (κ1) is 25.9. The fraction of sp³-hybridized carbons (Fsp3) is 0.167. The first-order valence-electron chi connectivity index (χ1n) is 10.2. The predicted molar refractivity (Wildman–Crippen MR) is 140 cm³/mol. The van der Waals surface area contributed by atoms with Crippen molar-refractivity contribution in [3.63, 3.8) is 0 Å². The van der Waals surface area contributed by atoms with Crippen LogP contribution in [0.1, 0.15) is 0 Å². The largest absolute Gasteiger partial charge is 0.328 e. The normalized spacial score (nSPS) is 16.5. The Morgan fingerprint density at radius 3 is 2.83 bits per heavy atom. The molecule has 1 radical (unpaired) electrons. The molecule has 189 valence electrons. The minimum atomic E-state index is -1.87. The van der Waals surface area contributed by atoms with E-state index >= 15 is 0 Å². The predicted octanol–water partition coefficient (Wildman–Crippen LogP) is 5.36. The van der Waals surface area contributed by atoms with Gasteiger partial charge in [-0.3, -0.25) is 9.78 Å². The van der Waals surface area contributed by atoms with Crippen LogP contribution in [0.3, 0.4) is 0 Å². The number of anilines is 1. The number of fused-ring (bicyclic) bond motifs is 1. The summed E-state index contributed by atoms with van der Waals surface area (Å²) in [4.78, 5) is 20.4. The number of aromatic nitrogens is 1. The van der Waals surface area contributed by atoms with Crippen LogP contribution in [0.25, 0.3) is 10.9 Å². The summed E-state index contributed by atoms with van der Waals surface area (Å²) in [5, 5.41) is 3.72. The number of amides is 1. The van der Waals surface area contributed by atoms with E-state index in [1.54, 1.807) is 29.2 Å². The Hall–Kier alpha value is -3.67. The Bertz CT molecular complexity index is 1300. The number of allylic oxidation sites excluding steroid dienone is 6. The number of carbonyl (C=O) groups is 1. The zero-order valence-electron chi connectivity index (χ0n) is 17.8. The molecular weight excluding hydrogens is 780 g/mol. The van der Waals surface area contributed by atoms with Gasteiger partial charge in [-0.1, -0.05) is 65.2 Å². The number of alkyl halides is 3. The van der Waals surface area contributed by atoms with Crippen LogP contribution in [0.5, 0.6) is 0 Å². The van der Waals surface area contributed by atoms with Crippen molar-refractivity contribution in [1.82, 2.24) is 15.2 Å². The molecule has 0 bridgehead atoms. The second-order valence-corrected chi connectivity index (χ2v) is 10.2. The number of halogens is 4. The van der Waals surface area contributed by atoms with Gasteiger partial charge < -0.3 is 15.1 Å². The molecule has 1 N–H and O–H groups in total. The molecule has 5 nitrogen and oxygen atoms in total. The van der Waals surface area contributed by atoms with Gasteiger partial charge in [-0.2, -0.15) is 0 Å². The number of hydrogen-bond acceptors (Lipinski definition) is 3. The van der Waals surface area contributed by atoms with Crippen molar-refractivity contribution >= 4 is 74.6 Å². The molecule has 1 aliphatic carbocycles. The van der Waals surface area contributed by atoms with Gasteiger partial charge >= 0.3 is 0 Å². The summed E-state index contributed by atoms with van der Waals surface area (Å²) in [6, 6.07) is 6.81. The van der Waals surface area contributed by atoms with Gasteiger partial charge in [-0.05, 0) is 42.6 Å². The molecular formula is C24H18Cl3FLrN4OS. The van der Waals surface area contributed by atoms with Crippen molar-refractivity contribution in [2.75, 3.05) is 18.0 Å². The van der Waals surface area contributed by atoms with Crippen molar-refractivity contribution in [2.45, 2.75) is 9.96 Å². The monoisotopic (exact) mass is 796 g/mol. The molecule has 1 aromatic carbocycles. The van der Waals surface area contributed by atoms with Crippen LogP contribution < -0.4 is 10.2 Å². The second kappa shape index (κ2) is 10.7. The number of nitrogens with one attached hydrogen (secondary N) is 1. The minimum Gasteiger partial charge on any atom is -0.328 e. The van der Waals surface area contributed by atoms with E-state index in [-0.39, 0.29) is 0 Å². The molecule has 1 unspecified atom stereocenters. The Kier molecular flexibility index (Phi) is 7.95. The summed E-state index contributed by atoms with van der Waals surface area (Å²) in [7, 11) is 0. The van der Waals surface area contributed by atoms with Gasteiger partial charge in [0.15, 0.2) is 11.3 Å². The fourth-order valence-corrected chi connectivity index (χ4v) is 4.52. The number of carbonyl (C=O) groups excluding carboxylic acids is 1. The summed E-state index contributed by atoms with van der Waals surface area (Å²) >= 11 is 24.4. The zero-order valence-corrected chi connectivity index (χ0v) is 23.1. The maximum Gasteiger partial charge on any atom is 0.245 e. The molecule has 1 aromatic heterocycles. The Morgan fingerprint density at radius 2 is 2.06 bits per heavy atom. The van der Waals surface area contributed by atoms with Crippen molar-refractivity contribution in [3.05, 3.63) is 90.1 Å². The molecule has 35 heavy (non-hydrogen) atoms. The summed E-state index contributed by atoms with van der Waals surface area (Å²) in [6.45, 7) is 0.858. The van der Waals surface area contributed by atoms with E-state index < -0.39 is 21.7 Å². The molecule has 0 saturated carbocycles. The van der Waals surface area contributed by atoms with Crippen molar-refractivity contribution < 1.29 is 9.18 Å². The van der Waals surface area contributed by atoms with Gasteiger partial charge in [0, 0.05) is 30.1 Å². The van der Waals surface area contributed by atoms with E-state index in [1.807, 2.05) is 35.3 Å². The molecule has 0 spiro atoms. The Morgan fingerprint density at radius 1 is 1.26 bits per heavy atom. The molecule has 1 saturated heterocycles. The van der Waals surface area contributed by atoms with Gasteiger partial charge in [0.05, 0.1) is 17.4 Å². The summed E-state index contributed by atoms with van der Waals surface area (Å²) in [6.07, 6.45) is 12.2. The maximum atomic E-state index is 13.6. The summed E-state index contributed by atoms with van der Waals surface area (Å²) < 4.78 is 11.8. The van der Waals surface area contributed by atoms with Gasteiger partial charge in [0.25, 0.3) is 0 Å². The fourth-order valence-electron chi connectivity index (χ4n) is 3.61. The average molecular weight is 798 g/mol. The van der Waals surface area contributed by atoms with Crippen molar-refractivity contribution in [2.24, 2.45) is 0 Å². The van der Waals surface area contributed by atoms with Crippen molar-refractivity contribution in [3.8, 4) is 0 Å². The SMILES string of the molecule is O=C(/C=C/C1=C=CC=CC=C1)NC(N1CCN(c2cccc3cc(F)cnc23)C1=S)C(Cl)(Cl)Cl.[Lr]. The van der Waals surface area contributed by atoms with Crippen LogP contribution in [0.2, 0.25) is 0 Å². The zero-order chi connectivity index (χ0) is 24.3. The van der Waals surface area contributed by atoms with Gasteiger partial charge in [-0.25, -0.2) is 4.39 Å². The third kappa shape index (κ3) is 5.88. The van der Waals surface area contributed by atoms with Crippen molar-refractivity contribution in [1.29, 1.82) is 0 Å². The van der Waals surface area contributed by atoms with E-state index in [2.05, 4.69) is 16.0 Å². The quantitative estimate of drug-likeness (QED) is 0.192. The number of rotatable bonds is 5. The second-order valence-electron chi connectivity index (χ2n) is 7.43. The molecule has 1 amide bonds. The number of thiocarbonyl (C=S) groups is 1. The Labute approximate surface area is 216 Å². The van der Waals surface area contributed by atoms with Crippen LogP contribution in [0.15, 0.2) is 84.3 Å². The van der Waals surface area contributed by atoms with Crippen LogP contribution >= 0.6 is 47.0 Å². The number of benzene rings is 1.